The number of benzene rings is 3. The number of hydrogen-bond acceptors (Lipinski definition) is 6. The minimum Gasteiger partial charge on any atom is -0.482 e. The van der Waals surface area contributed by atoms with E-state index in [0.717, 1.165) is 54.4 Å². The lowest BCUT2D eigenvalue weighted by Crippen LogP contribution is -2.46. The van der Waals surface area contributed by atoms with Crippen LogP contribution < -0.4 is 19.1 Å². The maximum absolute atomic E-state index is 11.1. The van der Waals surface area contributed by atoms with Crippen LogP contribution >= 0.6 is 0 Å². The molecule has 1 fully saturated rings. The van der Waals surface area contributed by atoms with Crippen molar-refractivity contribution in [2.24, 2.45) is 0 Å². The third-order valence-electron chi connectivity index (χ3n) is 6.01. The molecule has 0 aromatic heterocycles. The number of piperazine rings is 1. The Morgan fingerprint density at radius 1 is 0.879 bits per heavy atom. The second-order valence-corrected chi connectivity index (χ2v) is 8.17. The van der Waals surface area contributed by atoms with E-state index in [4.69, 9.17) is 19.3 Å². The van der Waals surface area contributed by atoms with E-state index in [1.54, 1.807) is 0 Å². The molecule has 0 unspecified atom stereocenters. The molecule has 0 radical (unpaired) electrons. The molecular weight excluding hydrogens is 420 g/mol. The summed E-state index contributed by atoms with van der Waals surface area (Å²) in [7, 11) is 0. The SMILES string of the molecule is O=C(O)COc1ccc(-c2ccc3c(c2)OCO3)cc1CN1CCN(c2ccccc2)CC1. The second kappa shape index (κ2) is 9.42. The van der Waals surface area contributed by atoms with Crippen LogP contribution in [0, 0.1) is 0 Å². The van der Waals surface area contributed by atoms with Crippen LogP contribution in [0.1, 0.15) is 5.56 Å². The Hall–Kier alpha value is -3.71. The highest BCUT2D eigenvalue weighted by Crippen LogP contribution is 2.37. The Morgan fingerprint density at radius 3 is 2.39 bits per heavy atom. The largest absolute Gasteiger partial charge is 0.482 e. The number of aliphatic carboxylic acids is 1. The van der Waals surface area contributed by atoms with E-state index in [1.165, 1.54) is 5.69 Å². The summed E-state index contributed by atoms with van der Waals surface area (Å²) >= 11 is 0. The summed E-state index contributed by atoms with van der Waals surface area (Å²) in [6.45, 7) is 4.28. The third-order valence-corrected chi connectivity index (χ3v) is 6.01. The lowest BCUT2D eigenvalue weighted by molar-refractivity contribution is -0.139. The molecule has 2 aliphatic heterocycles. The van der Waals surface area contributed by atoms with E-state index in [9.17, 15) is 4.79 Å². The molecule has 0 atom stereocenters. The van der Waals surface area contributed by atoms with Gasteiger partial charge in [0.2, 0.25) is 6.79 Å². The Balaban J connectivity index is 1.34. The van der Waals surface area contributed by atoms with Crippen molar-refractivity contribution in [2.75, 3.05) is 44.5 Å². The van der Waals surface area contributed by atoms with Crippen molar-refractivity contribution in [1.82, 2.24) is 4.90 Å². The summed E-state index contributed by atoms with van der Waals surface area (Å²) < 4.78 is 16.6. The van der Waals surface area contributed by atoms with Crippen molar-refractivity contribution in [3.63, 3.8) is 0 Å². The average molecular weight is 447 g/mol. The monoisotopic (exact) mass is 446 g/mol. The minimum absolute atomic E-state index is 0.237. The van der Waals surface area contributed by atoms with Gasteiger partial charge in [0.25, 0.3) is 0 Å². The highest BCUT2D eigenvalue weighted by atomic mass is 16.7. The Bertz CT molecular complexity index is 1130. The van der Waals surface area contributed by atoms with Crippen LogP contribution in [-0.4, -0.2) is 55.6 Å². The molecule has 0 aliphatic carbocycles. The summed E-state index contributed by atoms with van der Waals surface area (Å²) in [5.74, 6) is 1.10. The number of para-hydroxylation sites is 1. The summed E-state index contributed by atoms with van der Waals surface area (Å²) in [5.41, 5.74) is 4.25. The molecule has 5 rings (SSSR count). The first kappa shape index (κ1) is 21.2. The van der Waals surface area contributed by atoms with Gasteiger partial charge < -0.3 is 24.2 Å². The smallest absolute Gasteiger partial charge is 0.341 e. The highest BCUT2D eigenvalue weighted by Gasteiger charge is 2.20. The van der Waals surface area contributed by atoms with Crippen LogP contribution in [0.5, 0.6) is 17.2 Å². The Morgan fingerprint density at radius 2 is 1.61 bits per heavy atom. The number of rotatable bonds is 7. The first-order valence-electron chi connectivity index (χ1n) is 11.1. The highest BCUT2D eigenvalue weighted by molar-refractivity contribution is 5.70. The molecule has 0 spiro atoms. The number of hydrogen-bond donors (Lipinski definition) is 1. The molecule has 7 nitrogen and oxygen atoms in total. The molecule has 7 heteroatoms. The van der Waals surface area contributed by atoms with Gasteiger partial charge in [-0.3, -0.25) is 4.90 Å². The average Bonchev–Trinajstić information content (AvgIpc) is 3.32. The number of carboxylic acids is 1. The van der Waals surface area contributed by atoms with Gasteiger partial charge >= 0.3 is 5.97 Å². The molecule has 1 saturated heterocycles. The van der Waals surface area contributed by atoms with E-state index in [2.05, 4.69) is 40.1 Å². The third kappa shape index (κ3) is 4.88. The van der Waals surface area contributed by atoms with E-state index in [1.807, 2.05) is 36.4 Å². The Labute approximate surface area is 192 Å². The van der Waals surface area contributed by atoms with Gasteiger partial charge in [-0.2, -0.15) is 0 Å². The van der Waals surface area contributed by atoms with Gasteiger partial charge in [0.05, 0.1) is 0 Å². The summed E-state index contributed by atoms with van der Waals surface area (Å²) in [5, 5.41) is 9.08. The number of ether oxygens (including phenoxy) is 3. The van der Waals surface area contributed by atoms with Gasteiger partial charge in [-0.25, -0.2) is 4.79 Å². The molecule has 0 saturated carbocycles. The molecule has 2 heterocycles. The topological polar surface area (TPSA) is 71.5 Å². The number of fused-ring (bicyclic) bond motifs is 1. The number of anilines is 1. The van der Waals surface area contributed by atoms with E-state index in [-0.39, 0.29) is 13.4 Å². The fourth-order valence-corrected chi connectivity index (χ4v) is 4.28. The summed E-state index contributed by atoms with van der Waals surface area (Å²) in [6, 6.07) is 22.2. The number of carbonyl (C=O) groups is 1. The molecule has 170 valence electrons. The summed E-state index contributed by atoms with van der Waals surface area (Å²) in [4.78, 5) is 15.8. The van der Waals surface area contributed by atoms with Gasteiger partial charge in [-0.1, -0.05) is 30.3 Å². The molecule has 0 amide bonds. The van der Waals surface area contributed by atoms with Gasteiger partial charge in [-0.15, -0.1) is 0 Å². The maximum Gasteiger partial charge on any atom is 0.341 e. The van der Waals surface area contributed by atoms with Crippen molar-refractivity contribution < 1.29 is 24.1 Å². The molecule has 0 bridgehead atoms. The van der Waals surface area contributed by atoms with Gasteiger partial charge in [0, 0.05) is 44.0 Å². The van der Waals surface area contributed by atoms with Crippen LogP contribution in [0.4, 0.5) is 5.69 Å². The molecule has 2 aliphatic rings. The maximum atomic E-state index is 11.1. The molecule has 1 N–H and O–H groups in total. The molecular formula is C26H26N2O5. The van der Waals surface area contributed by atoms with Crippen molar-refractivity contribution >= 4 is 11.7 Å². The summed E-state index contributed by atoms with van der Waals surface area (Å²) in [6.07, 6.45) is 0. The van der Waals surface area contributed by atoms with Crippen molar-refractivity contribution in [3.05, 3.63) is 72.3 Å². The first-order valence-corrected chi connectivity index (χ1v) is 11.1. The Kier molecular flexibility index (Phi) is 6.04. The van der Waals surface area contributed by atoms with Gasteiger partial charge in [-0.05, 0) is 47.5 Å². The zero-order valence-corrected chi connectivity index (χ0v) is 18.3. The second-order valence-electron chi connectivity index (χ2n) is 8.17. The zero-order chi connectivity index (χ0) is 22.6. The lowest BCUT2D eigenvalue weighted by atomic mass is 10.0. The van der Waals surface area contributed by atoms with Gasteiger partial charge in [0.1, 0.15) is 5.75 Å². The molecule has 3 aromatic carbocycles. The minimum atomic E-state index is -0.989. The standard InChI is InChI=1S/C26H26N2O5/c29-26(30)17-31-23-8-6-19(20-7-9-24-25(15-20)33-18-32-24)14-21(23)16-27-10-12-28(13-11-27)22-4-2-1-3-5-22/h1-9,14-15H,10-13,16-18H2,(H,29,30). The van der Waals surface area contributed by atoms with Crippen LogP contribution in [0.15, 0.2) is 66.7 Å². The van der Waals surface area contributed by atoms with Crippen LogP contribution in [0.3, 0.4) is 0 Å². The fourth-order valence-electron chi connectivity index (χ4n) is 4.28. The zero-order valence-electron chi connectivity index (χ0n) is 18.3. The normalized spacial score (nSPS) is 15.5. The molecule has 3 aromatic rings. The predicted molar refractivity (Wildman–Crippen MR) is 125 cm³/mol. The first-order chi connectivity index (χ1) is 16.2. The van der Waals surface area contributed by atoms with E-state index < -0.39 is 5.97 Å². The van der Waals surface area contributed by atoms with Crippen molar-refractivity contribution in [2.45, 2.75) is 6.54 Å². The fraction of sp³-hybridized carbons (Fsp3) is 0.269. The van der Waals surface area contributed by atoms with Crippen molar-refractivity contribution in [3.8, 4) is 28.4 Å². The quantitative estimate of drug-likeness (QED) is 0.591. The predicted octanol–water partition coefficient (Wildman–Crippen LogP) is 3.87. The lowest BCUT2D eigenvalue weighted by Gasteiger charge is -2.36. The van der Waals surface area contributed by atoms with Crippen LogP contribution in [0.2, 0.25) is 0 Å². The number of carboxylic acid groups (broad SMARTS) is 1. The van der Waals surface area contributed by atoms with E-state index in [0.29, 0.717) is 12.3 Å². The number of nitrogens with zero attached hydrogens (tertiary/aromatic N) is 2. The molecule has 33 heavy (non-hydrogen) atoms. The van der Waals surface area contributed by atoms with E-state index >= 15 is 0 Å². The van der Waals surface area contributed by atoms with Crippen LogP contribution in [-0.2, 0) is 11.3 Å². The van der Waals surface area contributed by atoms with Crippen LogP contribution in [0.25, 0.3) is 11.1 Å². The van der Waals surface area contributed by atoms with Crippen molar-refractivity contribution in [1.29, 1.82) is 0 Å². The van der Waals surface area contributed by atoms with Gasteiger partial charge in [0.15, 0.2) is 18.1 Å².